The van der Waals surface area contributed by atoms with E-state index in [1.807, 2.05) is 24.3 Å². The molecule has 2 nitrogen and oxygen atoms in total. The van der Waals surface area contributed by atoms with Crippen molar-refractivity contribution in [2.75, 3.05) is 13.1 Å². The van der Waals surface area contributed by atoms with Gasteiger partial charge in [0, 0.05) is 13.1 Å². The van der Waals surface area contributed by atoms with E-state index in [9.17, 15) is 18.3 Å². The summed E-state index contributed by atoms with van der Waals surface area (Å²) in [5.74, 6) is 0.413. The maximum Gasteiger partial charge on any atom is 0.390 e. The third kappa shape index (κ3) is 6.07. The molecule has 0 saturated heterocycles. The standard InChI is InChI=1S/C14H20F3NO/c1-10(2)11-3-5-12(6-4-11)13(19)9-18-8-7-14(15,16)17/h3-6,10,13,18-19H,7-9H2,1-2H3. The molecule has 0 spiro atoms. The van der Waals surface area contributed by atoms with Crippen LogP contribution in [-0.2, 0) is 0 Å². The van der Waals surface area contributed by atoms with Crippen LogP contribution in [0.3, 0.4) is 0 Å². The molecule has 19 heavy (non-hydrogen) atoms. The zero-order chi connectivity index (χ0) is 14.5. The van der Waals surface area contributed by atoms with Gasteiger partial charge >= 0.3 is 6.18 Å². The van der Waals surface area contributed by atoms with E-state index < -0.39 is 18.7 Å². The van der Waals surface area contributed by atoms with Crippen molar-refractivity contribution >= 4 is 0 Å². The van der Waals surface area contributed by atoms with Crippen molar-refractivity contribution < 1.29 is 18.3 Å². The molecule has 0 aliphatic carbocycles. The number of hydrogen-bond acceptors (Lipinski definition) is 2. The molecule has 1 rings (SSSR count). The minimum atomic E-state index is -4.16. The van der Waals surface area contributed by atoms with Gasteiger partial charge in [-0.1, -0.05) is 38.1 Å². The first kappa shape index (κ1) is 16.0. The predicted octanol–water partition coefficient (Wildman–Crippen LogP) is 3.39. The second kappa shape index (κ2) is 6.91. The molecule has 108 valence electrons. The van der Waals surface area contributed by atoms with Crippen molar-refractivity contribution in [2.24, 2.45) is 0 Å². The number of aliphatic hydroxyl groups excluding tert-OH is 1. The van der Waals surface area contributed by atoms with Crippen molar-refractivity contribution in [2.45, 2.75) is 38.5 Å². The highest BCUT2D eigenvalue weighted by Gasteiger charge is 2.26. The summed E-state index contributed by atoms with van der Waals surface area (Å²) in [6.45, 7) is 4.09. The van der Waals surface area contributed by atoms with Crippen LogP contribution >= 0.6 is 0 Å². The Morgan fingerprint density at radius 1 is 1.11 bits per heavy atom. The predicted molar refractivity (Wildman–Crippen MR) is 69.0 cm³/mol. The molecule has 0 amide bonds. The third-order valence-electron chi connectivity index (χ3n) is 2.91. The van der Waals surface area contributed by atoms with Gasteiger partial charge in [0.1, 0.15) is 0 Å². The van der Waals surface area contributed by atoms with Gasteiger partial charge in [0.25, 0.3) is 0 Å². The van der Waals surface area contributed by atoms with Crippen LogP contribution in [0.5, 0.6) is 0 Å². The van der Waals surface area contributed by atoms with Crippen molar-refractivity contribution in [1.82, 2.24) is 5.32 Å². The monoisotopic (exact) mass is 275 g/mol. The van der Waals surface area contributed by atoms with Crippen LogP contribution in [0.1, 0.15) is 43.4 Å². The van der Waals surface area contributed by atoms with Gasteiger partial charge in [-0.05, 0) is 17.0 Å². The van der Waals surface area contributed by atoms with Crippen molar-refractivity contribution in [3.8, 4) is 0 Å². The molecule has 2 N–H and O–H groups in total. The number of hydrogen-bond donors (Lipinski definition) is 2. The van der Waals surface area contributed by atoms with Gasteiger partial charge in [0.2, 0.25) is 0 Å². The first-order valence-corrected chi connectivity index (χ1v) is 6.35. The summed E-state index contributed by atoms with van der Waals surface area (Å²) in [7, 11) is 0. The molecular weight excluding hydrogens is 255 g/mol. The average Bonchev–Trinajstić information content (AvgIpc) is 2.33. The molecule has 0 saturated carbocycles. The fraction of sp³-hybridized carbons (Fsp3) is 0.571. The van der Waals surface area contributed by atoms with Gasteiger partial charge in [-0.2, -0.15) is 13.2 Å². The molecule has 0 radical (unpaired) electrons. The Hall–Kier alpha value is -1.07. The molecule has 0 aliphatic heterocycles. The highest BCUT2D eigenvalue weighted by Crippen LogP contribution is 2.20. The fourth-order valence-electron chi connectivity index (χ4n) is 1.69. The number of alkyl halides is 3. The molecule has 1 atom stereocenters. The molecule has 0 aliphatic rings. The Morgan fingerprint density at radius 3 is 2.11 bits per heavy atom. The number of aliphatic hydroxyl groups is 1. The van der Waals surface area contributed by atoms with Gasteiger partial charge in [-0.15, -0.1) is 0 Å². The summed E-state index contributed by atoms with van der Waals surface area (Å²) in [4.78, 5) is 0. The maximum absolute atomic E-state index is 11.9. The largest absolute Gasteiger partial charge is 0.390 e. The second-order valence-electron chi connectivity index (χ2n) is 4.91. The molecule has 1 aromatic carbocycles. The lowest BCUT2D eigenvalue weighted by Gasteiger charge is -2.14. The van der Waals surface area contributed by atoms with Crippen LogP contribution in [-0.4, -0.2) is 24.4 Å². The molecule has 0 fully saturated rings. The lowest BCUT2D eigenvalue weighted by atomic mass is 10.00. The van der Waals surface area contributed by atoms with Crippen molar-refractivity contribution in [1.29, 1.82) is 0 Å². The molecule has 1 aromatic rings. The van der Waals surface area contributed by atoms with Crippen LogP contribution in [0.4, 0.5) is 13.2 Å². The number of halogens is 3. The van der Waals surface area contributed by atoms with E-state index in [1.54, 1.807) is 0 Å². The van der Waals surface area contributed by atoms with E-state index in [0.29, 0.717) is 11.5 Å². The Morgan fingerprint density at radius 2 is 1.63 bits per heavy atom. The minimum Gasteiger partial charge on any atom is -0.387 e. The van der Waals surface area contributed by atoms with Gasteiger partial charge < -0.3 is 10.4 Å². The summed E-state index contributed by atoms with van der Waals surface area (Å²) in [6.07, 6.45) is -5.82. The summed E-state index contributed by atoms with van der Waals surface area (Å²) in [6, 6.07) is 7.48. The Bertz CT molecular complexity index is 373. The van der Waals surface area contributed by atoms with Crippen LogP contribution < -0.4 is 5.32 Å². The maximum atomic E-state index is 11.9. The van der Waals surface area contributed by atoms with Crippen molar-refractivity contribution in [3.05, 3.63) is 35.4 Å². The molecule has 0 heterocycles. The summed E-state index contributed by atoms with van der Waals surface area (Å²) >= 11 is 0. The molecule has 0 aromatic heterocycles. The van der Waals surface area contributed by atoms with E-state index in [-0.39, 0.29) is 13.1 Å². The summed E-state index contributed by atoms with van der Waals surface area (Å²) in [5.41, 5.74) is 1.88. The van der Waals surface area contributed by atoms with Crippen LogP contribution in [0, 0.1) is 0 Å². The lowest BCUT2D eigenvalue weighted by molar-refractivity contribution is -0.133. The van der Waals surface area contributed by atoms with Crippen molar-refractivity contribution in [3.63, 3.8) is 0 Å². The Kier molecular flexibility index (Phi) is 5.82. The van der Waals surface area contributed by atoms with E-state index >= 15 is 0 Å². The highest BCUT2D eigenvalue weighted by atomic mass is 19.4. The number of rotatable bonds is 6. The Labute approximate surface area is 111 Å². The van der Waals surface area contributed by atoms with Gasteiger partial charge in [-0.3, -0.25) is 0 Å². The summed E-state index contributed by atoms with van der Waals surface area (Å²) < 4.78 is 35.8. The summed E-state index contributed by atoms with van der Waals surface area (Å²) in [5, 5.41) is 12.4. The van der Waals surface area contributed by atoms with Crippen LogP contribution in [0.15, 0.2) is 24.3 Å². The topological polar surface area (TPSA) is 32.3 Å². The number of nitrogens with one attached hydrogen (secondary N) is 1. The fourth-order valence-corrected chi connectivity index (χ4v) is 1.69. The smallest absolute Gasteiger partial charge is 0.387 e. The normalized spacial score (nSPS) is 13.8. The third-order valence-corrected chi connectivity index (χ3v) is 2.91. The quantitative estimate of drug-likeness (QED) is 0.780. The number of benzene rings is 1. The first-order valence-electron chi connectivity index (χ1n) is 6.35. The van der Waals surface area contributed by atoms with E-state index in [1.165, 1.54) is 5.56 Å². The molecule has 5 heteroatoms. The SMILES string of the molecule is CC(C)c1ccc(C(O)CNCCC(F)(F)F)cc1. The van der Waals surface area contributed by atoms with E-state index in [0.717, 1.165) is 0 Å². The second-order valence-corrected chi connectivity index (χ2v) is 4.91. The van der Waals surface area contributed by atoms with Gasteiger partial charge in [0.15, 0.2) is 0 Å². The van der Waals surface area contributed by atoms with Gasteiger partial charge in [0.05, 0.1) is 12.5 Å². The molecule has 0 bridgehead atoms. The van der Waals surface area contributed by atoms with E-state index in [4.69, 9.17) is 0 Å². The van der Waals surface area contributed by atoms with Gasteiger partial charge in [-0.25, -0.2) is 0 Å². The minimum absolute atomic E-state index is 0.122. The average molecular weight is 275 g/mol. The van der Waals surface area contributed by atoms with Crippen LogP contribution in [0.2, 0.25) is 0 Å². The first-order chi connectivity index (χ1) is 8.79. The molecular formula is C14H20F3NO. The van der Waals surface area contributed by atoms with Crippen LogP contribution in [0.25, 0.3) is 0 Å². The Balaban J connectivity index is 2.39. The zero-order valence-corrected chi connectivity index (χ0v) is 11.2. The lowest BCUT2D eigenvalue weighted by Crippen LogP contribution is -2.26. The van der Waals surface area contributed by atoms with E-state index in [2.05, 4.69) is 19.2 Å². The zero-order valence-electron chi connectivity index (χ0n) is 11.2. The molecule has 1 unspecified atom stereocenters. The highest BCUT2D eigenvalue weighted by molar-refractivity contribution is 5.26.